The van der Waals surface area contributed by atoms with Crippen LogP contribution in [0.5, 0.6) is 0 Å². The fourth-order valence-corrected chi connectivity index (χ4v) is 4.51. The van der Waals surface area contributed by atoms with Crippen LogP contribution < -0.4 is 5.32 Å². The summed E-state index contributed by atoms with van der Waals surface area (Å²) in [6.45, 7) is 5.22. The summed E-state index contributed by atoms with van der Waals surface area (Å²) >= 11 is 0. The van der Waals surface area contributed by atoms with Crippen molar-refractivity contribution < 1.29 is 14.3 Å². The molecule has 0 bridgehead atoms. The molecular formula is C25H45NO3. The molecule has 0 spiro atoms. The monoisotopic (exact) mass is 407 g/mol. The lowest BCUT2D eigenvalue weighted by atomic mass is 9.93. The summed E-state index contributed by atoms with van der Waals surface area (Å²) in [4.78, 5) is 12.0. The number of ketones is 1. The zero-order valence-electron chi connectivity index (χ0n) is 19.1. The molecule has 2 atom stereocenters. The van der Waals surface area contributed by atoms with Crippen molar-refractivity contribution in [1.29, 1.82) is 0 Å². The highest BCUT2D eigenvalue weighted by Crippen LogP contribution is 2.24. The van der Waals surface area contributed by atoms with Crippen LogP contribution in [0.1, 0.15) is 117 Å². The van der Waals surface area contributed by atoms with Gasteiger partial charge in [-0.15, -0.1) is 0 Å². The number of hydrogen-bond donors (Lipinski definition) is 1. The van der Waals surface area contributed by atoms with E-state index in [0.717, 1.165) is 50.0 Å². The third-order valence-corrected chi connectivity index (χ3v) is 6.37. The lowest BCUT2D eigenvalue weighted by Crippen LogP contribution is -2.37. The summed E-state index contributed by atoms with van der Waals surface area (Å²) in [5, 5.41) is 3.63. The molecule has 2 aliphatic heterocycles. The Balaban J connectivity index is 1.61. The van der Waals surface area contributed by atoms with Crippen LogP contribution in [-0.4, -0.2) is 31.3 Å². The first-order chi connectivity index (χ1) is 14.2. The number of nitrogens with one attached hydrogen (secondary N) is 1. The second-order valence-electron chi connectivity index (χ2n) is 8.97. The second kappa shape index (κ2) is 15.0. The van der Waals surface area contributed by atoms with E-state index in [-0.39, 0.29) is 12.1 Å². The molecule has 1 N–H and O–H groups in total. The molecule has 1 fully saturated rings. The predicted molar refractivity (Wildman–Crippen MR) is 120 cm³/mol. The van der Waals surface area contributed by atoms with Gasteiger partial charge in [0.25, 0.3) is 0 Å². The molecule has 2 unspecified atom stereocenters. The van der Waals surface area contributed by atoms with Crippen molar-refractivity contribution in [3.05, 3.63) is 11.3 Å². The first-order valence-corrected chi connectivity index (χ1v) is 12.4. The van der Waals surface area contributed by atoms with Gasteiger partial charge in [0.1, 0.15) is 0 Å². The summed E-state index contributed by atoms with van der Waals surface area (Å²) in [7, 11) is 0. The Bertz CT molecular complexity index is 482. The van der Waals surface area contributed by atoms with Gasteiger partial charge >= 0.3 is 0 Å². The third kappa shape index (κ3) is 10.1. The fraction of sp³-hybridized carbons (Fsp3) is 0.880. The molecule has 29 heavy (non-hydrogen) atoms. The van der Waals surface area contributed by atoms with Crippen LogP contribution in [-0.2, 0) is 14.3 Å². The minimum atomic E-state index is -0.103. The van der Waals surface area contributed by atoms with Gasteiger partial charge in [-0.05, 0) is 45.4 Å². The van der Waals surface area contributed by atoms with Gasteiger partial charge in [0.2, 0.25) is 0 Å². The summed E-state index contributed by atoms with van der Waals surface area (Å²) in [5.74, 6) is 0.179. The molecule has 1 saturated heterocycles. The van der Waals surface area contributed by atoms with E-state index >= 15 is 0 Å². The standard InChI is InChI=1S/C25H45NO3/c1-3-4-5-6-7-8-9-10-11-12-15-22-17-18-23(21(2)27)24(26-22)20-29-25-16-13-14-19-28-25/h22,25-26H,3-20H2,1-2H3. The zero-order valence-corrected chi connectivity index (χ0v) is 19.1. The Labute approximate surface area is 179 Å². The smallest absolute Gasteiger partial charge is 0.158 e. The summed E-state index contributed by atoms with van der Waals surface area (Å²) in [5.41, 5.74) is 1.94. The molecule has 0 aromatic rings. The van der Waals surface area contributed by atoms with Crippen LogP contribution in [0.15, 0.2) is 11.3 Å². The molecular weight excluding hydrogens is 362 g/mol. The van der Waals surface area contributed by atoms with Crippen molar-refractivity contribution >= 4 is 5.78 Å². The molecule has 0 aromatic carbocycles. The number of carbonyl (C=O) groups excluding carboxylic acids is 1. The molecule has 168 valence electrons. The molecule has 0 aliphatic carbocycles. The normalized spacial score (nSPS) is 22.6. The molecule has 0 radical (unpaired) electrons. The number of unbranched alkanes of at least 4 members (excludes halogenated alkanes) is 9. The average Bonchev–Trinajstić information content (AvgIpc) is 2.74. The average molecular weight is 408 g/mol. The van der Waals surface area contributed by atoms with E-state index < -0.39 is 0 Å². The van der Waals surface area contributed by atoms with Crippen LogP contribution in [0.3, 0.4) is 0 Å². The van der Waals surface area contributed by atoms with E-state index in [1.807, 2.05) is 0 Å². The Hall–Kier alpha value is -0.870. The lowest BCUT2D eigenvalue weighted by molar-refractivity contribution is -0.158. The maximum atomic E-state index is 12.0. The molecule has 0 amide bonds. The van der Waals surface area contributed by atoms with Crippen LogP contribution >= 0.6 is 0 Å². The zero-order chi connectivity index (χ0) is 20.7. The molecule has 2 aliphatic rings. The number of ether oxygens (including phenoxy) is 2. The molecule has 0 saturated carbocycles. The van der Waals surface area contributed by atoms with Gasteiger partial charge in [-0.1, -0.05) is 71.1 Å². The van der Waals surface area contributed by atoms with Crippen LogP contribution in [0, 0.1) is 0 Å². The Kier molecular flexibility index (Phi) is 12.6. The number of rotatable bonds is 15. The van der Waals surface area contributed by atoms with Crippen LogP contribution in [0.2, 0.25) is 0 Å². The second-order valence-corrected chi connectivity index (χ2v) is 8.97. The van der Waals surface area contributed by atoms with E-state index in [9.17, 15) is 4.79 Å². The number of hydrogen-bond acceptors (Lipinski definition) is 4. The SMILES string of the molecule is CCCCCCCCCCCCC1CCC(C(C)=O)=C(COC2CCCCO2)N1. The van der Waals surface area contributed by atoms with Gasteiger partial charge in [-0.3, -0.25) is 4.79 Å². The van der Waals surface area contributed by atoms with E-state index in [0.29, 0.717) is 12.6 Å². The van der Waals surface area contributed by atoms with Gasteiger partial charge < -0.3 is 14.8 Å². The molecule has 4 nitrogen and oxygen atoms in total. The number of allylic oxidation sites excluding steroid dienone is 1. The molecule has 0 aromatic heterocycles. The van der Waals surface area contributed by atoms with E-state index in [1.54, 1.807) is 6.92 Å². The third-order valence-electron chi connectivity index (χ3n) is 6.37. The van der Waals surface area contributed by atoms with Gasteiger partial charge in [0, 0.05) is 23.9 Å². The molecule has 4 heteroatoms. The van der Waals surface area contributed by atoms with Gasteiger partial charge in [-0.25, -0.2) is 0 Å². The van der Waals surface area contributed by atoms with Crippen LogP contribution in [0.4, 0.5) is 0 Å². The Morgan fingerprint density at radius 3 is 2.31 bits per heavy atom. The van der Waals surface area contributed by atoms with E-state index in [1.165, 1.54) is 70.6 Å². The molecule has 2 rings (SSSR count). The highest BCUT2D eigenvalue weighted by molar-refractivity contribution is 5.94. The Morgan fingerprint density at radius 2 is 1.69 bits per heavy atom. The Morgan fingerprint density at radius 1 is 1.00 bits per heavy atom. The van der Waals surface area contributed by atoms with E-state index in [2.05, 4.69) is 12.2 Å². The van der Waals surface area contributed by atoms with Gasteiger partial charge in [0.15, 0.2) is 12.1 Å². The minimum absolute atomic E-state index is 0.103. The van der Waals surface area contributed by atoms with Crippen molar-refractivity contribution in [2.45, 2.75) is 129 Å². The van der Waals surface area contributed by atoms with Crippen molar-refractivity contribution in [3.63, 3.8) is 0 Å². The van der Waals surface area contributed by atoms with Crippen molar-refractivity contribution in [3.8, 4) is 0 Å². The van der Waals surface area contributed by atoms with Crippen molar-refractivity contribution in [1.82, 2.24) is 5.32 Å². The number of Topliss-reactive ketones (excluding diaryl/α,β-unsaturated/α-hetero) is 1. The highest BCUT2D eigenvalue weighted by Gasteiger charge is 2.24. The topological polar surface area (TPSA) is 47.6 Å². The minimum Gasteiger partial charge on any atom is -0.383 e. The summed E-state index contributed by atoms with van der Waals surface area (Å²) in [6, 6.07) is 0.484. The van der Waals surface area contributed by atoms with Gasteiger partial charge in [-0.2, -0.15) is 0 Å². The maximum absolute atomic E-state index is 12.0. The van der Waals surface area contributed by atoms with Gasteiger partial charge in [0.05, 0.1) is 6.61 Å². The number of carbonyl (C=O) groups is 1. The quantitative estimate of drug-likeness (QED) is 0.317. The highest BCUT2D eigenvalue weighted by atomic mass is 16.7. The largest absolute Gasteiger partial charge is 0.383 e. The fourth-order valence-electron chi connectivity index (χ4n) is 4.51. The lowest BCUT2D eigenvalue weighted by Gasteiger charge is -2.30. The molecule has 2 heterocycles. The van der Waals surface area contributed by atoms with Crippen molar-refractivity contribution in [2.75, 3.05) is 13.2 Å². The summed E-state index contributed by atoms with van der Waals surface area (Å²) < 4.78 is 11.6. The maximum Gasteiger partial charge on any atom is 0.158 e. The first-order valence-electron chi connectivity index (χ1n) is 12.4. The van der Waals surface area contributed by atoms with Crippen LogP contribution in [0.25, 0.3) is 0 Å². The first kappa shape index (κ1) is 24.4. The predicted octanol–water partition coefficient (Wildman–Crippen LogP) is 6.44. The van der Waals surface area contributed by atoms with E-state index in [4.69, 9.17) is 9.47 Å². The van der Waals surface area contributed by atoms with Crippen molar-refractivity contribution in [2.24, 2.45) is 0 Å². The summed E-state index contributed by atoms with van der Waals surface area (Å²) in [6.07, 6.45) is 20.0.